The third-order valence-corrected chi connectivity index (χ3v) is 4.80. The van der Waals surface area contributed by atoms with Gasteiger partial charge in [0.25, 0.3) is 0 Å². The lowest BCUT2D eigenvalue weighted by atomic mass is 9.82. The molecule has 0 aliphatic heterocycles. The first-order valence-corrected chi connectivity index (χ1v) is 7.66. The average molecular weight is 239 g/mol. The van der Waals surface area contributed by atoms with Crippen LogP contribution in [0, 0.1) is 11.8 Å². The van der Waals surface area contributed by atoms with E-state index in [1.165, 1.54) is 51.4 Å². The van der Waals surface area contributed by atoms with Crippen molar-refractivity contribution in [3.63, 3.8) is 0 Å². The molecule has 3 unspecified atom stereocenters. The molecule has 0 saturated heterocycles. The summed E-state index contributed by atoms with van der Waals surface area (Å²) in [5, 5.41) is 0. The summed E-state index contributed by atoms with van der Waals surface area (Å²) >= 11 is 0. The maximum absolute atomic E-state index is 6.19. The molecule has 0 radical (unpaired) electrons. The lowest BCUT2D eigenvalue weighted by molar-refractivity contribution is -0.0225. The topological polar surface area (TPSA) is 35.2 Å². The minimum Gasteiger partial charge on any atom is -0.376 e. The normalized spacial score (nSPS) is 36.0. The van der Waals surface area contributed by atoms with E-state index in [0.717, 1.165) is 24.9 Å². The molecule has 0 spiro atoms. The molecule has 0 aromatic heterocycles. The van der Waals surface area contributed by atoms with Gasteiger partial charge in [-0.05, 0) is 43.9 Å². The molecule has 100 valence electrons. The van der Waals surface area contributed by atoms with Crippen LogP contribution in [0.3, 0.4) is 0 Å². The summed E-state index contributed by atoms with van der Waals surface area (Å²) < 4.78 is 6.14. The fourth-order valence-electron chi connectivity index (χ4n) is 3.41. The fraction of sp³-hybridized carbons (Fsp3) is 1.00. The van der Waals surface area contributed by atoms with Crippen LogP contribution in [0.1, 0.15) is 64.7 Å². The second-order valence-corrected chi connectivity index (χ2v) is 6.13. The molecule has 0 bridgehead atoms. The summed E-state index contributed by atoms with van der Waals surface area (Å²) in [6.45, 7) is 3.26. The largest absolute Gasteiger partial charge is 0.376 e. The van der Waals surface area contributed by atoms with E-state index < -0.39 is 0 Å². The maximum atomic E-state index is 6.19. The van der Waals surface area contributed by atoms with Crippen LogP contribution in [-0.2, 0) is 4.74 Å². The van der Waals surface area contributed by atoms with Crippen molar-refractivity contribution in [2.24, 2.45) is 17.6 Å². The van der Waals surface area contributed by atoms with Gasteiger partial charge in [-0.3, -0.25) is 0 Å². The summed E-state index contributed by atoms with van der Waals surface area (Å²) in [7, 11) is 0. The molecule has 2 heteroatoms. The number of hydrogen-bond acceptors (Lipinski definition) is 2. The Morgan fingerprint density at radius 2 is 1.76 bits per heavy atom. The lowest BCUT2D eigenvalue weighted by Crippen LogP contribution is -2.42. The molecule has 2 rings (SSSR count). The standard InChI is InChI=1S/C15H29NO/c1-2-12-8-9-14(16)15(10-12)17-11-13-6-4-3-5-7-13/h12-15H,2-11,16H2,1H3. The van der Waals surface area contributed by atoms with Gasteiger partial charge in [-0.2, -0.15) is 0 Å². The number of rotatable bonds is 4. The third-order valence-electron chi connectivity index (χ3n) is 4.80. The van der Waals surface area contributed by atoms with E-state index in [0.29, 0.717) is 12.1 Å². The summed E-state index contributed by atoms with van der Waals surface area (Å²) in [4.78, 5) is 0. The van der Waals surface area contributed by atoms with Crippen molar-refractivity contribution in [1.82, 2.24) is 0 Å². The zero-order valence-electron chi connectivity index (χ0n) is 11.4. The van der Waals surface area contributed by atoms with E-state index >= 15 is 0 Å². The van der Waals surface area contributed by atoms with Gasteiger partial charge in [0.1, 0.15) is 0 Å². The van der Waals surface area contributed by atoms with Crippen LogP contribution >= 0.6 is 0 Å². The molecule has 2 saturated carbocycles. The van der Waals surface area contributed by atoms with Crippen LogP contribution < -0.4 is 5.73 Å². The van der Waals surface area contributed by atoms with E-state index in [9.17, 15) is 0 Å². The van der Waals surface area contributed by atoms with Crippen LogP contribution in [0.4, 0.5) is 0 Å². The Labute approximate surface area is 106 Å². The van der Waals surface area contributed by atoms with E-state index in [1.807, 2.05) is 0 Å². The lowest BCUT2D eigenvalue weighted by Gasteiger charge is -2.35. The first kappa shape index (κ1) is 13.4. The smallest absolute Gasteiger partial charge is 0.0728 e. The van der Waals surface area contributed by atoms with Crippen molar-refractivity contribution in [2.75, 3.05) is 6.61 Å². The van der Waals surface area contributed by atoms with E-state index in [4.69, 9.17) is 10.5 Å². The van der Waals surface area contributed by atoms with Crippen molar-refractivity contribution in [1.29, 1.82) is 0 Å². The minimum atomic E-state index is 0.293. The van der Waals surface area contributed by atoms with Crippen LogP contribution in [0.2, 0.25) is 0 Å². The fourth-order valence-corrected chi connectivity index (χ4v) is 3.41. The predicted octanol–water partition coefficient (Wildman–Crippen LogP) is 3.49. The van der Waals surface area contributed by atoms with Crippen molar-refractivity contribution in [3.8, 4) is 0 Å². The van der Waals surface area contributed by atoms with Crippen molar-refractivity contribution in [2.45, 2.75) is 76.9 Å². The number of hydrogen-bond donors (Lipinski definition) is 1. The van der Waals surface area contributed by atoms with Crippen LogP contribution in [0.25, 0.3) is 0 Å². The number of nitrogens with two attached hydrogens (primary N) is 1. The second-order valence-electron chi connectivity index (χ2n) is 6.13. The molecule has 2 aliphatic rings. The van der Waals surface area contributed by atoms with Crippen LogP contribution in [0.15, 0.2) is 0 Å². The third kappa shape index (κ3) is 3.96. The Hall–Kier alpha value is -0.0800. The molecular weight excluding hydrogens is 210 g/mol. The highest BCUT2D eigenvalue weighted by atomic mass is 16.5. The SMILES string of the molecule is CCC1CCC(N)C(OCC2CCCCC2)C1. The van der Waals surface area contributed by atoms with Crippen LogP contribution in [0.5, 0.6) is 0 Å². The van der Waals surface area contributed by atoms with E-state index in [1.54, 1.807) is 0 Å². The summed E-state index contributed by atoms with van der Waals surface area (Å²) in [5.74, 6) is 1.67. The zero-order chi connectivity index (χ0) is 12.1. The Morgan fingerprint density at radius 3 is 2.47 bits per heavy atom. The van der Waals surface area contributed by atoms with Crippen molar-refractivity contribution in [3.05, 3.63) is 0 Å². The Balaban J connectivity index is 1.72. The van der Waals surface area contributed by atoms with Gasteiger partial charge in [-0.15, -0.1) is 0 Å². The molecule has 3 atom stereocenters. The molecule has 2 fully saturated rings. The molecule has 0 aromatic rings. The predicted molar refractivity (Wildman–Crippen MR) is 71.9 cm³/mol. The van der Waals surface area contributed by atoms with Gasteiger partial charge in [0, 0.05) is 12.6 Å². The zero-order valence-corrected chi connectivity index (χ0v) is 11.4. The van der Waals surface area contributed by atoms with Gasteiger partial charge < -0.3 is 10.5 Å². The molecule has 0 heterocycles. The molecule has 2 N–H and O–H groups in total. The van der Waals surface area contributed by atoms with Gasteiger partial charge in [0.05, 0.1) is 6.10 Å². The van der Waals surface area contributed by atoms with Crippen LogP contribution in [-0.4, -0.2) is 18.8 Å². The second kappa shape index (κ2) is 6.75. The molecule has 17 heavy (non-hydrogen) atoms. The van der Waals surface area contributed by atoms with Crippen molar-refractivity contribution < 1.29 is 4.74 Å². The molecule has 0 aromatic carbocycles. The Kier molecular flexibility index (Phi) is 5.30. The Bertz CT molecular complexity index is 213. The maximum Gasteiger partial charge on any atom is 0.0728 e. The van der Waals surface area contributed by atoms with Gasteiger partial charge >= 0.3 is 0 Å². The van der Waals surface area contributed by atoms with Gasteiger partial charge in [-0.25, -0.2) is 0 Å². The van der Waals surface area contributed by atoms with Gasteiger partial charge in [0.15, 0.2) is 0 Å². The molecule has 2 aliphatic carbocycles. The average Bonchev–Trinajstić information content (AvgIpc) is 2.39. The summed E-state index contributed by atoms with van der Waals surface area (Å²) in [5.41, 5.74) is 6.19. The first-order valence-electron chi connectivity index (χ1n) is 7.66. The molecule has 0 amide bonds. The highest BCUT2D eigenvalue weighted by molar-refractivity contribution is 4.83. The highest BCUT2D eigenvalue weighted by Gasteiger charge is 2.28. The minimum absolute atomic E-state index is 0.293. The first-order chi connectivity index (χ1) is 8.29. The quantitative estimate of drug-likeness (QED) is 0.815. The molecular formula is C15H29NO. The van der Waals surface area contributed by atoms with E-state index in [2.05, 4.69) is 6.92 Å². The Morgan fingerprint density at radius 1 is 1.00 bits per heavy atom. The van der Waals surface area contributed by atoms with Gasteiger partial charge in [-0.1, -0.05) is 32.6 Å². The number of ether oxygens (including phenoxy) is 1. The van der Waals surface area contributed by atoms with Crippen molar-refractivity contribution >= 4 is 0 Å². The monoisotopic (exact) mass is 239 g/mol. The van der Waals surface area contributed by atoms with E-state index in [-0.39, 0.29) is 0 Å². The van der Waals surface area contributed by atoms with Gasteiger partial charge in [0.2, 0.25) is 0 Å². The highest BCUT2D eigenvalue weighted by Crippen LogP contribution is 2.30. The summed E-state index contributed by atoms with van der Waals surface area (Å²) in [6, 6.07) is 0.293. The summed E-state index contributed by atoms with van der Waals surface area (Å²) in [6.07, 6.45) is 12.3. The molecule has 2 nitrogen and oxygen atoms in total.